The Labute approximate surface area is 191 Å². The van der Waals surface area contributed by atoms with Gasteiger partial charge < -0.3 is 15.6 Å². The Morgan fingerprint density at radius 3 is 2.75 bits per heavy atom. The lowest BCUT2D eigenvalue weighted by Gasteiger charge is -2.21. The molecule has 3 aromatic rings. The Bertz CT molecular complexity index is 1210. The molecule has 1 atom stereocenters. The van der Waals surface area contributed by atoms with E-state index in [9.17, 15) is 4.79 Å². The molecule has 0 bridgehead atoms. The smallest absolute Gasteiger partial charge is 0.350 e. The van der Waals surface area contributed by atoms with Crippen LogP contribution in [0.5, 0.6) is 0 Å². The summed E-state index contributed by atoms with van der Waals surface area (Å²) in [5.74, 6) is -0.585. The number of rotatable bonds is 7. The highest BCUT2D eigenvalue weighted by atomic mass is 35.5. The minimum absolute atomic E-state index is 0.0417. The average Bonchev–Trinajstić information content (AvgIpc) is 3.11. The van der Waals surface area contributed by atoms with Crippen molar-refractivity contribution in [2.24, 2.45) is 10.9 Å². The van der Waals surface area contributed by atoms with E-state index >= 15 is 4.39 Å². The van der Waals surface area contributed by atoms with Gasteiger partial charge in [0.25, 0.3) is 0 Å². The van der Waals surface area contributed by atoms with Crippen LogP contribution in [0.3, 0.4) is 0 Å². The lowest BCUT2D eigenvalue weighted by atomic mass is 9.97. The second kappa shape index (κ2) is 9.42. The monoisotopic (exact) mass is 461 g/mol. The molecule has 0 amide bonds. The summed E-state index contributed by atoms with van der Waals surface area (Å²) in [5, 5.41) is 4.43. The molecule has 7 nitrogen and oxygen atoms in total. The van der Waals surface area contributed by atoms with Crippen LogP contribution >= 0.6 is 11.6 Å². The van der Waals surface area contributed by atoms with Gasteiger partial charge in [0.05, 0.1) is 16.9 Å². The van der Waals surface area contributed by atoms with Crippen molar-refractivity contribution >= 4 is 28.8 Å². The van der Waals surface area contributed by atoms with Crippen molar-refractivity contribution in [1.82, 2.24) is 14.5 Å². The van der Waals surface area contributed by atoms with Gasteiger partial charge in [-0.05, 0) is 64.7 Å². The molecule has 0 aliphatic heterocycles. The molecule has 9 heteroatoms. The molecule has 0 radical (unpaired) electrons. The molecule has 0 fully saturated rings. The first-order valence-electron chi connectivity index (χ1n) is 10.5. The van der Waals surface area contributed by atoms with Crippen molar-refractivity contribution in [3.63, 3.8) is 0 Å². The molecule has 1 aromatic carbocycles. The van der Waals surface area contributed by atoms with Gasteiger partial charge in [0, 0.05) is 34.3 Å². The van der Waals surface area contributed by atoms with Gasteiger partial charge >= 0.3 is 5.69 Å². The number of halogens is 2. The normalized spacial score (nSPS) is 13.2. The Morgan fingerprint density at radius 1 is 1.41 bits per heavy atom. The largest absolute Gasteiger partial charge is 0.399 e. The van der Waals surface area contributed by atoms with Gasteiger partial charge in [-0.25, -0.2) is 9.18 Å². The number of hydrogen-bond donors (Lipinski definition) is 2. The molecule has 0 aliphatic rings. The van der Waals surface area contributed by atoms with E-state index in [-0.39, 0.29) is 16.8 Å². The molecular weight excluding hydrogens is 433 g/mol. The molecule has 0 aliphatic carbocycles. The Balaban J connectivity index is 2.14. The van der Waals surface area contributed by atoms with E-state index in [1.165, 1.54) is 13.3 Å². The van der Waals surface area contributed by atoms with Gasteiger partial charge in [-0.3, -0.25) is 4.57 Å². The lowest BCUT2D eigenvalue weighted by Crippen LogP contribution is -2.34. The molecule has 32 heavy (non-hydrogen) atoms. The average molecular weight is 462 g/mol. The molecule has 3 N–H and O–H groups in total. The summed E-state index contributed by atoms with van der Waals surface area (Å²) in [6, 6.07) is 3.59. The third-order valence-electron chi connectivity index (χ3n) is 5.24. The van der Waals surface area contributed by atoms with Crippen LogP contribution in [0.1, 0.15) is 51.7 Å². The van der Waals surface area contributed by atoms with Crippen molar-refractivity contribution in [2.45, 2.75) is 58.5 Å². The molecule has 0 unspecified atom stereocenters. The van der Waals surface area contributed by atoms with Crippen molar-refractivity contribution in [3.8, 4) is 11.3 Å². The fourth-order valence-corrected chi connectivity index (χ4v) is 3.85. The number of nitrogens with zero attached hydrogens (tertiary/aromatic N) is 3. The van der Waals surface area contributed by atoms with Crippen LogP contribution in [-0.2, 0) is 16.8 Å². The van der Waals surface area contributed by atoms with Crippen LogP contribution in [0.25, 0.3) is 22.3 Å². The lowest BCUT2D eigenvalue weighted by molar-refractivity contribution is 0.215. The minimum Gasteiger partial charge on any atom is -0.399 e. The van der Waals surface area contributed by atoms with Gasteiger partial charge in [0.2, 0.25) is 0 Å². The van der Waals surface area contributed by atoms with E-state index < -0.39 is 11.4 Å². The maximum atomic E-state index is 15.3. The second-order valence-corrected chi connectivity index (χ2v) is 9.34. The molecule has 2 aromatic heterocycles. The zero-order chi connectivity index (χ0) is 23.6. The SMILES string of the molecule is CO/N=C/c1c(CCC[C@H](C)N)cc(-c2cc3cn(C(C)(C)C)c(=O)nc3[nH]2)c(F)c1Cl. The second-order valence-electron chi connectivity index (χ2n) is 8.96. The van der Waals surface area contributed by atoms with Crippen LogP contribution in [0.15, 0.2) is 28.3 Å². The number of oxime groups is 1. The van der Waals surface area contributed by atoms with Gasteiger partial charge in [0.15, 0.2) is 5.82 Å². The first-order chi connectivity index (χ1) is 15.0. The van der Waals surface area contributed by atoms with E-state index in [0.717, 1.165) is 18.4 Å². The molecule has 0 saturated heterocycles. The molecule has 0 spiro atoms. The molecule has 3 rings (SSSR count). The van der Waals surface area contributed by atoms with Crippen molar-refractivity contribution in [3.05, 3.63) is 50.8 Å². The Hall–Kier alpha value is -2.71. The number of aromatic nitrogens is 3. The highest BCUT2D eigenvalue weighted by Crippen LogP contribution is 2.34. The zero-order valence-corrected chi connectivity index (χ0v) is 19.8. The number of fused-ring (bicyclic) bond motifs is 1. The summed E-state index contributed by atoms with van der Waals surface area (Å²) >= 11 is 6.41. The molecule has 172 valence electrons. The topological polar surface area (TPSA) is 98.3 Å². The molecular formula is C23H29ClFN5O2. The third kappa shape index (κ3) is 5.02. The van der Waals surface area contributed by atoms with Crippen molar-refractivity contribution in [1.29, 1.82) is 0 Å². The Morgan fingerprint density at radius 2 is 2.12 bits per heavy atom. The number of benzene rings is 1. The van der Waals surface area contributed by atoms with Gasteiger partial charge in [-0.15, -0.1) is 0 Å². The summed E-state index contributed by atoms with van der Waals surface area (Å²) in [6.45, 7) is 7.71. The molecule has 2 heterocycles. The van der Waals surface area contributed by atoms with Gasteiger partial charge in [-0.2, -0.15) is 4.98 Å². The fourth-order valence-electron chi connectivity index (χ4n) is 3.58. The quantitative estimate of drug-likeness (QED) is 0.397. The van der Waals surface area contributed by atoms with E-state index in [2.05, 4.69) is 15.1 Å². The summed E-state index contributed by atoms with van der Waals surface area (Å²) in [7, 11) is 1.41. The highest BCUT2D eigenvalue weighted by Gasteiger charge is 2.21. The number of nitrogens with one attached hydrogen (secondary N) is 1. The summed E-state index contributed by atoms with van der Waals surface area (Å²) in [5.41, 5.74) is 7.55. The number of hydrogen-bond acceptors (Lipinski definition) is 5. The zero-order valence-electron chi connectivity index (χ0n) is 19.0. The van der Waals surface area contributed by atoms with E-state index in [4.69, 9.17) is 22.2 Å². The number of nitrogens with two attached hydrogens (primary N) is 1. The minimum atomic E-state index is -0.585. The standard InChI is InChI=1S/C23H29ClFN5O2/c1-13(26)7-6-8-14-9-16(20(25)19(24)17(14)11-27-32-5)18-10-15-12-30(23(2,3)4)22(31)29-21(15)28-18/h9-13H,6-8,26H2,1-5H3,(H,28,29,31)/b27-11+/t13-/m0/s1. The van der Waals surface area contributed by atoms with Crippen LogP contribution < -0.4 is 11.4 Å². The van der Waals surface area contributed by atoms with Crippen LogP contribution in [-0.4, -0.2) is 33.9 Å². The van der Waals surface area contributed by atoms with Gasteiger partial charge in [0.1, 0.15) is 12.8 Å². The first kappa shape index (κ1) is 23.9. The molecule has 0 saturated carbocycles. The van der Waals surface area contributed by atoms with E-state index in [1.54, 1.807) is 22.9 Å². The first-order valence-corrected chi connectivity index (χ1v) is 10.9. The highest BCUT2D eigenvalue weighted by molar-refractivity contribution is 6.33. The number of aryl methyl sites for hydroxylation is 1. The summed E-state index contributed by atoms with van der Waals surface area (Å²) in [4.78, 5) is 24.4. The van der Waals surface area contributed by atoms with Crippen molar-refractivity contribution < 1.29 is 9.23 Å². The van der Waals surface area contributed by atoms with Crippen LogP contribution in [0, 0.1) is 5.82 Å². The maximum absolute atomic E-state index is 15.3. The van der Waals surface area contributed by atoms with Crippen LogP contribution in [0.2, 0.25) is 5.02 Å². The van der Waals surface area contributed by atoms with E-state index in [1.807, 2.05) is 27.7 Å². The fraction of sp³-hybridized carbons (Fsp3) is 0.435. The van der Waals surface area contributed by atoms with Crippen molar-refractivity contribution in [2.75, 3.05) is 7.11 Å². The summed E-state index contributed by atoms with van der Waals surface area (Å²) < 4.78 is 16.9. The number of aromatic amines is 1. The Kier molecular flexibility index (Phi) is 7.05. The maximum Gasteiger partial charge on any atom is 0.350 e. The summed E-state index contributed by atoms with van der Waals surface area (Å²) in [6.07, 6.45) is 5.42. The predicted octanol–water partition coefficient (Wildman–Crippen LogP) is 4.59. The number of H-pyrrole nitrogens is 1. The predicted molar refractivity (Wildman–Crippen MR) is 127 cm³/mol. The third-order valence-corrected chi connectivity index (χ3v) is 5.61. The van der Waals surface area contributed by atoms with Crippen LogP contribution in [0.4, 0.5) is 4.39 Å². The van der Waals surface area contributed by atoms with Gasteiger partial charge in [-0.1, -0.05) is 16.8 Å². The van der Waals surface area contributed by atoms with E-state index in [0.29, 0.717) is 34.3 Å².